The number of anilines is 1. The maximum absolute atomic E-state index is 13.0. The van der Waals surface area contributed by atoms with Gasteiger partial charge in [-0.15, -0.1) is 0 Å². The Hall–Kier alpha value is -2.64. The maximum atomic E-state index is 13.0. The number of nitrogens with one attached hydrogen (secondary N) is 2. The van der Waals surface area contributed by atoms with Gasteiger partial charge < -0.3 is 20.3 Å². The van der Waals surface area contributed by atoms with Crippen molar-refractivity contribution in [2.24, 2.45) is 5.92 Å². The van der Waals surface area contributed by atoms with Crippen molar-refractivity contribution >= 4 is 23.6 Å². The van der Waals surface area contributed by atoms with Crippen molar-refractivity contribution in [1.82, 2.24) is 10.6 Å². The monoisotopic (exact) mass is 365 g/mol. The third kappa shape index (κ3) is 5.72. The van der Waals surface area contributed by atoms with Crippen LogP contribution in [-0.2, 0) is 14.3 Å². The molecule has 1 saturated heterocycles. The van der Waals surface area contributed by atoms with Crippen molar-refractivity contribution in [3.63, 3.8) is 0 Å². The lowest BCUT2D eigenvalue weighted by molar-refractivity contribution is -0.126. The Morgan fingerprint density at radius 3 is 2.42 bits per heavy atom. The number of amides is 3. The zero-order chi connectivity index (χ0) is 19.3. The molecule has 0 bridgehead atoms. The predicted molar refractivity (Wildman–Crippen MR) is 94.1 cm³/mol. The molecular weight excluding hydrogens is 341 g/mol. The van der Waals surface area contributed by atoms with Gasteiger partial charge >= 0.3 is 6.09 Å². The summed E-state index contributed by atoms with van der Waals surface area (Å²) < 4.78 is 18.1. The molecular formula is C18H24FN3O4. The van der Waals surface area contributed by atoms with E-state index in [4.69, 9.17) is 4.74 Å². The summed E-state index contributed by atoms with van der Waals surface area (Å²) in [5, 5.41) is 5.24. The van der Waals surface area contributed by atoms with E-state index in [1.165, 1.54) is 29.2 Å². The summed E-state index contributed by atoms with van der Waals surface area (Å²) in [6.45, 7) is 5.99. The van der Waals surface area contributed by atoms with Crippen LogP contribution in [0.5, 0.6) is 0 Å². The van der Waals surface area contributed by atoms with Crippen LogP contribution >= 0.6 is 0 Å². The fourth-order valence-corrected chi connectivity index (χ4v) is 2.56. The van der Waals surface area contributed by atoms with Gasteiger partial charge in [0.25, 0.3) is 0 Å². The van der Waals surface area contributed by atoms with Crippen LogP contribution in [0.15, 0.2) is 24.3 Å². The first-order valence-corrected chi connectivity index (χ1v) is 8.46. The molecule has 1 aliphatic rings. The number of halogens is 1. The Labute approximate surface area is 151 Å². The summed E-state index contributed by atoms with van der Waals surface area (Å²) in [5.74, 6) is -1.29. The lowest BCUT2D eigenvalue weighted by atomic mass is 10.1. The molecule has 1 fully saturated rings. The molecule has 0 radical (unpaired) electrons. The second-order valence-electron chi connectivity index (χ2n) is 7.10. The molecule has 1 heterocycles. The highest BCUT2D eigenvalue weighted by Crippen LogP contribution is 2.25. The van der Waals surface area contributed by atoms with Crippen molar-refractivity contribution in [3.8, 4) is 0 Å². The van der Waals surface area contributed by atoms with Crippen LogP contribution < -0.4 is 15.5 Å². The number of rotatable bonds is 5. The minimum atomic E-state index is -0.582. The Morgan fingerprint density at radius 2 is 1.81 bits per heavy atom. The van der Waals surface area contributed by atoms with Crippen molar-refractivity contribution in [1.29, 1.82) is 0 Å². The minimum absolute atomic E-state index is 0.0999. The van der Waals surface area contributed by atoms with Crippen molar-refractivity contribution in [2.75, 3.05) is 24.5 Å². The first-order chi connectivity index (χ1) is 12.2. The van der Waals surface area contributed by atoms with Gasteiger partial charge in [-0.3, -0.25) is 9.59 Å². The quantitative estimate of drug-likeness (QED) is 0.779. The molecule has 7 nitrogen and oxygen atoms in total. The van der Waals surface area contributed by atoms with Gasteiger partial charge in [-0.05, 0) is 45.0 Å². The van der Waals surface area contributed by atoms with Gasteiger partial charge in [0.1, 0.15) is 11.4 Å². The van der Waals surface area contributed by atoms with Gasteiger partial charge in [0, 0.05) is 31.7 Å². The number of ether oxygens (including phenoxy) is 1. The zero-order valence-electron chi connectivity index (χ0n) is 15.2. The lowest BCUT2D eigenvalue weighted by Gasteiger charge is -2.20. The maximum Gasteiger partial charge on any atom is 0.407 e. The lowest BCUT2D eigenvalue weighted by Crippen LogP contribution is -2.40. The van der Waals surface area contributed by atoms with E-state index in [0.29, 0.717) is 5.69 Å². The summed E-state index contributed by atoms with van der Waals surface area (Å²) in [4.78, 5) is 37.3. The van der Waals surface area contributed by atoms with E-state index in [-0.39, 0.29) is 43.7 Å². The largest absolute Gasteiger partial charge is 0.444 e. The van der Waals surface area contributed by atoms with Crippen molar-refractivity contribution in [2.45, 2.75) is 32.8 Å². The van der Waals surface area contributed by atoms with Crippen LogP contribution in [0.4, 0.5) is 14.9 Å². The Kier molecular flexibility index (Phi) is 6.18. The van der Waals surface area contributed by atoms with Crippen LogP contribution in [0.2, 0.25) is 0 Å². The summed E-state index contributed by atoms with van der Waals surface area (Å²) in [6.07, 6.45) is -0.451. The fraction of sp³-hybridized carbons (Fsp3) is 0.500. The van der Waals surface area contributed by atoms with E-state index in [2.05, 4.69) is 10.6 Å². The van der Waals surface area contributed by atoms with Crippen LogP contribution in [-0.4, -0.2) is 43.1 Å². The van der Waals surface area contributed by atoms with Crippen LogP contribution in [0.3, 0.4) is 0 Å². The highest BCUT2D eigenvalue weighted by atomic mass is 19.1. The SMILES string of the molecule is CC(C)(C)OC(=O)NCCNC(=O)C1CC(=O)N(c2ccc(F)cc2)C1. The van der Waals surface area contributed by atoms with E-state index in [9.17, 15) is 18.8 Å². The van der Waals surface area contributed by atoms with Crippen LogP contribution in [0.25, 0.3) is 0 Å². The number of carbonyl (C=O) groups excluding carboxylic acids is 3. The molecule has 1 aromatic carbocycles. The average molecular weight is 365 g/mol. The van der Waals surface area contributed by atoms with E-state index in [1.54, 1.807) is 20.8 Å². The number of nitrogens with zero attached hydrogens (tertiary/aromatic N) is 1. The molecule has 0 aromatic heterocycles. The summed E-state index contributed by atoms with van der Waals surface area (Å²) >= 11 is 0. The Balaban J connectivity index is 1.76. The molecule has 142 valence electrons. The number of benzene rings is 1. The van der Waals surface area contributed by atoms with E-state index < -0.39 is 17.6 Å². The van der Waals surface area contributed by atoms with Gasteiger partial charge in [-0.25, -0.2) is 9.18 Å². The molecule has 0 saturated carbocycles. The first kappa shape index (κ1) is 19.7. The van der Waals surface area contributed by atoms with E-state index >= 15 is 0 Å². The fourth-order valence-electron chi connectivity index (χ4n) is 2.56. The first-order valence-electron chi connectivity index (χ1n) is 8.46. The normalized spacial score (nSPS) is 17.2. The smallest absolute Gasteiger partial charge is 0.407 e. The number of alkyl carbamates (subject to hydrolysis) is 1. The molecule has 2 rings (SSSR count). The van der Waals surface area contributed by atoms with Crippen molar-refractivity contribution in [3.05, 3.63) is 30.1 Å². The Morgan fingerprint density at radius 1 is 1.19 bits per heavy atom. The second-order valence-corrected chi connectivity index (χ2v) is 7.10. The molecule has 0 spiro atoms. The number of hydrogen-bond acceptors (Lipinski definition) is 4. The minimum Gasteiger partial charge on any atom is -0.444 e. The molecule has 1 atom stereocenters. The topological polar surface area (TPSA) is 87.7 Å². The van der Waals surface area contributed by atoms with Gasteiger partial charge in [-0.1, -0.05) is 0 Å². The Bertz CT molecular complexity index is 670. The predicted octanol–water partition coefficient (Wildman–Crippen LogP) is 1.82. The third-order valence-corrected chi connectivity index (χ3v) is 3.73. The molecule has 26 heavy (non-hydrogen) atoms. The molecule has 0 aliphatic carbocycles. The zero-order valence-corrected chi connectivity index (χ0v) is 15.2. The molecule has 3 amide bonds. The molecule has 1 aliphatic heterocycles. The van der Waals surface area contributed by atoms with Crippen LogP contribution in [0, 0.1) is 11.7 Å². The third-order valence-electron chi connectivity index (χ3n) is 3.73. The van der Waals surface area contributed by atoms with Gasteiger partial charge in [0.15, 0.2) is 0 Å². The van der Waals surface area contributed by atoms with Crippen LogP contribution in [0.1, 0.15) is 27.2 Å². The van der Waals surface area contributed by atoms with Crippen molar-refractivity contribution < 1.29 is 23.5 Å². The standard InChI is InChI=1S/C18H24FN3O4/c1-18(2,3)26-17(25)21-9-8-20-16(24)12-10-15(23)22(11-12)14-6-4-13(19)5-7-14/h4-7,12H,8-11H2,1-3H3,(H,20,24)(H,21,25). The number of carbonyl (C=O) groups is 3. The summed E-state index contributed by atoms with van der Waals surface area (Å²) in [7, 11) is 0. The van der Waals surface area contributed by atoms with Gasteiger partial charge in [-0.2, -0.15) is 0 Å². The second kappa shape index (κ2) is 8.16. The molecule has 8 heteroatoms. The highest BCUT2D eigenvalue weighted by molar-refractivity contribution is 6.00. The number of hydrogen-bond donors (Lipinski definition) is 2. The molecule has 1 unspecified atom stereocenters. The average Bonchev–Trinajstić information content (AvgIpc) is 2.92. The molecule has 2 N–H and O–H groups in total. The summed E-state index contributed by atoms with van der Waals surface area (Å²) in [6, 6.07) is 5.58. The van der Waals surface area contributed by atoms with Gasteiger partial charge in [0.2, 0.25) is 11.8 Å². The molecule has 1 aromatic rings. The summed E-state index contributed by atoms with van der Waals surface area (Å²) in [5.41, 5.74) is -0.0141. The van der Waals surface area contributed by atoms with Gasteiger partial charge in [0.05, 0.1) is 5.92 Å². The van der Waals surface area contributed by atoms with E-state index in [0.717, 1.165) is 0 Å². The highest BCUT2D eigenvalue weighted by Gasteiger charge is 2.34. The van der Waals surface area contributed by atoms with E-state index in [1.807, 2.05) is 0 Å².